The minimum absolute atomic E-state index is 0.0493. The molecule has 0 saturated carbocycles. The molecule has 26 heavy (non-hydrogen) atoms. The highest BCUT2D eigenvalue weighted by Gasteiger charge is 2.41. The van der Waals surface area contributed by atoms with Crippen LogP contribution in [0.2, 0.25) is 0 Å². The topological polar surface area (TPSA) is 72.9 Å². The average molecular weight is 375 g/mol. The second-order valence-corrected chi connectivity index (χ2v) is 8.08. The Morgan fingerprint density at radius 3 is 2.46 bits per heavy atom. The fourth-order valence-corrected chi connectivity index (χ4v) is 5.00. The van der Waals surface area contributed by atoms with E-state index in [1.54, 1.807) is 18.2 Å². The number of carbonyl (C=O) groups is 1. The number of benzene rings is 2. The third-order valence-electron chi connectivity index (χ3n) is 4.58. The summed E-state index contributed by atoms with van der Waals surface area (Å²) in [5.41, 5.74) is 2.62. The summed E-state index contributed by atoms with van der Waals surface area (Å²) in [5.74, 6) is -0.326. The van der Waals surface area contributed by atoms with Crippen LogP contribution in [-0.4, -0.2) is 39.0 Å². The van der Waals surface area contributed by atoms with Gasteiger partial charge in [0.05, 0.1) is 14.2 Å². The van der Waals surface area contributed by atoms with Crippen molar-refractivity contribution in [1.82, 2.24) is 4.31 Å². The highest BCUT2D eigenvalue weighted by Crippen LogP contribution is 2.33. The summed E-state index contributed by atoms with van der Waals surface area (Å²) in [6.07, 6.45) is 0.274. The van der Waals surface area contributed by atoms with Crippen molar-refractivity contribution in [2.24, 2.45) is 0 Å². The van der Waals surface area contributed by atoms with Crippen LogP contribution >= 0.6 is 0 Å². The molecule has 0 fully saturated rings. The van der Waals surface area contributed by atoms with Gasteiger partial charge in [-0.3, -0.25) is 4.79 Å². The molecule has 1 atom stereocenters. The van der Waals surface area contributed by atoms with Crippen molar-refractivity contribution in [1.29, 1.82) is 0 Å². The Bertz CT molecular complexity index is 939. The molecule has 1 heterocycles. The molecule has 0 bridgehead atoms. The average Bonchev–Trinajstić information content (AvgIpc) is 2.66. The zero-order valence-corrected chi connectivity index (χ0v) is 15.7. The molecule has 0 unspecified atom stereocenters. The number of carbonyl (C=O) groups excluding carboxylic acids is 1. The maximum absolute atomic E-state index is 13.4. The molecule has 0 amide bonds. The summed E-state index contributed by atoms with van der Waals surface area (Å²) in [7, 11) is -1.28. The minimum Gasteiger partial charge on any atom is -0.495 e. The van der Waals surface area contributed by atoms with Gasteiger partial charge in [-0.05, 0) is 35.7 Å². The van der Waals surface area contributed by atoms with Crippen LogP contribution in [0.1, 0.15) is 16.7 Å². The van der Waals surface area contributed by atoms with Crippen LogP contribution in [-0.2, 0) is 32.5 Å². The summed E-state index contributed by atoms with van der Waals surface area (Å²) in [4.78, 5) is 12.4. The molecule has 0 aliphatic carbocycles. The van der Waals surface area contributed by atoms with E-state index in [1.165, 1.54) is 18.5 Å². The maximum Gasteiger partial charge on any atom is 0.324 e. The molecule has 138 valence electrons. The van der Waals surface area contributed by atoms with Gasteiger partial charge >= 0.3 is 5.97 Å². The van der Waals surface area contributed by atoms with Gasteiger partial charge in [-0.25, -0.2) is 8.42 Å². The van der Waals surface area contributed by atoms with Gasteiger partial charge in [-0.2, -0.15) is 4.31 Å². The second kappa shape index (κ2) is 7.09. The van der Waals surface area contributed by atoms with Crippen LogP contribution in [0.3, 0.4) is 0 Å². The van der Waals surface area contributed by atoms with E-state index >= 15 is 0 Å². The molecular formula is C19H21NO5S. The van der Waals surface area contributed by atoms with Crippen molar-refractivity contribution in [3.05, 3.63) is 59.2 Å². The molecule has 0 radical (unpaired) electrons. The molecule has 2 aromatic rings. The van der Waals surface area contributed by atoms with E-state index in [4.69, 9.17) is 9.47 Å². The van der Waals surface area contributed by atoms with Crippen LogP contribution < -0.4 is 4.74 Å². The number of nitrogens with zero attached hydrogens (tertiary/aromatic N) is 1. The Hall–Kier alpha value is -2.38. The standard InChI is InChI=1S/C19H21NO5S/c1-13-8-9-17(24-2)18(10-13)26(22,23)20-12-15-7-5-4-6-14(15)11-16(20)19(21)25-3/h4-10,16H,11-12H2,1-3H3/t16-/m0/s1. The van der Waals surface area contributed by atoms with Gasteiger partial charge in [0, 0.05) is 13.0 Å². The number of ether oxygens (including phenoxy) is 2. The first-order chi connectivity index (χ1) is 12.4. The molecular weight excluding hydrogens is 354 g/mol. The molecule has 2 aromatic carbocycles. The molecule has 0 aromatic heterocycles. The molecule has 6 nitrogen and oxygen atoms in total. The van der Waals surface area contributed by atoms with E-state index in [-0.39, 0.29) is 23.6 Å². The number of hydrogen-bond donors (Lipinski definition) is 0. The monoisotopic (exact) mass is 375 g/mol. The van der Waals surface area contributed by atoms with Crippen molar-refractivity contribution in [2.75, 3.05) is 14.2 Å². The van der Waals surface area contributed by atoms with Crippen LogP contribution in [0.15, 0.2) is 47.4 Å². The largest absolute Gasteiger partial charge is 0.495 e. The third-order valence-corrected chi connectivity index (χ3v) is 6.46. The predicted octanol–water partition coefficient (Wildman–Crippen LogP) is 2.29. The van der Waals surface area contributed by atoms with Gasteiger partial charge in [-0.15, -0.1) is 0 Å². The first kappa shape index (κ1) is 18.4. The Morgan fingerprint density at radius 2 is 1.81 bits per heavy atom. The number of sulfonamides is 1. The zero-order valence-electron chi connectivity index (χ0n) is 14.9. The van der Waals surface area contributed by atoms with Gasteiger partial charge in [0.1, 0.15) is 16.7 Å². The van der Waals surface area contributed by atoms with Crippen molar-refractivity contribution in [2.45, 2.75) is 30.8 Å². The summed E-state index contributed by atoms with van der Waals surface area (Å²) in [5, 5.41) is 0. The minimum atomic E-state index is -3.97. The molecule has 0 spiro atoms. The fraction of sp³-hybridized carbons (Fsp3) is 0.316. The van der Waals surface area contributed by atoms with E-state index < -0.39 is 22.0 Å². The molecule has 1 aliphatic heterocycles. The number of esters is 1. The van der Waals surface area contributed by atoms with Gasteiger partial charge in [0.15, 0.2) is 0 Å². The summed E-state index contributed by atoms with van der Waals surface area (Å²) in [6.45, 7) is 1.91. The third kappa shape index (κ3) is 3.20. The van der Waals surface area contributed by atoms with Gasteiger partial charge in [0.25, 0.3) is 0 Å². The number of methoxy groups -OCH3 is 2. The number of rotatable bonds is 4. The number of fused-ring (bicyclic) bond motifs is 1. The summed E-state index contributed by atoms with van der Waals surface area (Å²) < 4.78 is 38.1. The zero-order chi connectivity index (χ0) is 18.9. The lowest BCUT2D eigenvalue weighted by Gasteiger charge is -2.34. The quantitative estimate of drug-likeness (QED) is 0.767. The van der Waals surface area contributed by atoms with Crippen LogP contribution in [0.5, 0.6) is 5.75 Å². The molecule has 0 N–H and O–H groups in total. The maximum atomic E-state index is 13.4. The van der Waals surface area contributed by atoms with E-state index in [1.807, 2.05) is 31.2 Å². The first-order valence-corrected chi connectivity index (χ1v) is 9.63. The highest BCUT2D eigenvalue weighted by atomic mass is 32.2. The van der Waals surface area contributed by atoms with Crippen molar-refractivity contribution >= 4 is 16.0 Å². The SMILES string of the molecule is COC(=O)[C@@H]1Cc2ccccc2CN1S(=O)(=O)c1cc(C)ccc1OC. The van der Waals surface area contributed by atoms with Gasteiger partial charge in [-0.1, -0.05) is 30.3 Å². The molecule has 3 rings (SSSR count). The summed E-state index contributed by atoms with van der Waals surface area (Å²) >= 11 is 0. The highest BCUT2D eigenvalue weighted by molar-refractivity contribution is 7.89. The number of hydrogen-bond acceptors (Lipinski definition) is 5. The normalized spacial score (nSPS) is 17.4. The van der Waals surface area contributed by atoms with E-state index in [9.17, 15) is 13.2 Å². The number of aryl methyl sites for hydroxylation is 1. The first-order valence-electron chi connectivity index (χ1n) is 8.19. The molecule has 7 heteroatoms. The Labute approximate surface area is 153 Å². The Kier molecular flexibility index (Phi) is 5.02. The predicted molar refractivity (Wildman–Crippen MR) is 96.4 cm³/mol. The smallest absolute Gasteiger partial charge is 0.324 e. The van der Waals surface area contributed by atoms with Crippen LogP contribution in [0.4, 0.5) is 0 Å². The Morgan fingerprint density at radius 1 is 1.12 bits per heavy atom. The lowest BCUT2D eigenvalue weighted by molar-refractivity contribution is -0.145. The van der Waals surface area contributed by atoms with Crippen molar-refractivity contribution < 1.29 is 22.7 Å². The lowest BCUT2D eigenvalue weighted by atomic mass is 9.96. The fourth-order valence-electron chi connectivity index (χ4n) is 3.20. The van der Waals surface area contributed by atoms with Gasteiger partial charge < -0.3 is 9.47 Å². The van der Waals surface area contributed by atoms with Crippen molar-refractivity contribution in [3.8, 4) is 5.75 Å². The van der Waals surface area contributed by atoms with E-state index in [2.05, 4.69) is 0 Å². The summed E-state index contributed by atoms with van der Waals surface area (Å²) in [6, 6.07) is 11.6. The lowest BCUT2D eigenvalue weighted by Crippen LogP contribution is -2.49. The van der Waals surface area contributed by atoms with E-state index in [0.29, 0.717) is 0 Å². The van der Waals surface area contributed by atoms with Gasteiger partial charge in [0.2, 0.25) is 10.0 Å². The van der Waals surface area contributed by atoms with Crippen LogP contribution in [0, 0.1) is 6.92 Å². The Balaban J connectivity index is 2.13. The molecule has 0 saturated heterocycles. The van der Waals surface area contributed by atoms with Crippen molar-refractivity contribution in [3.63, 3.8) is 0 Å². The van der Waals surface area contributed by atoms with E-state index in [0.717, 1.165) is 16.7 Å². The second-order valence-electron chi connectivity index (χ2n) is 6.22. The molecule has 1 aliphatic rings. The van der Waals surface area contributed by atoms with Crippen LogP contribution in [0.25, 0.3) is 0 Å².